The maximum absolute atomic E-state index is 12.7. The number of rotatable bonds is 10. The van der Waals surface area contributed by atoms with Crippen molar-refractivity contribution in [1.82, 2.24) is 10.6 Å². The summed E-state index contributed by atoms with van der Waals surface area (Å²) in [6.07, 6.45) is 4.98. The molecule has 1 saturated carbocycles. The van der Waals surface area contributed by atoms with E-state index in [-0.39, 0.29) is 24.8 Å². The summed E-state index contributed by atoms with van der Waals surface area (Å²) in [4.78, 5) is 25.2. The summed E-state index contributed by atoms with van der Waals surface area (Å²) < 4.78 is 5.70. The maximum Gasteiger partial charge on any atom is 0.267 e. The number of hydrogen-bond donors (Lipinski definition) is 3. The summed E-state index contributed by atoms with van der Waals surface area (Å²) in [5.41, 5.74) is 2.53. The molecule has 0 atom stereocenters. The van der Waals surface area contributed by atoms with Crippen LogP contribution in [0.1, 0.15) is 41.3 Å². The van der Waals surface area contributed by atoms with E-state index < -0.39 is 5.91 Å². The largest absolute Gasteiger partial charge is 0.493 e. The number of aliphatic hydroxyl groups excluding tert-OH is 1. The van der Waals surface area contributed by atoms with Crippen LogP contribution in [0.4, 0.5) is 0 Å². The molecule has 0 aromatic heterocycles. The molecule has 0 bridgehead atoms. The molecule has 0 spiro atoms. The van der Waals surface area contributed by atoms with Crippen LogP contribution in [0.3, 0.4) is 0 Å². The maximum atomic E-state index is 12.7. The lowest BCUT2D eigenvalue weighted by atomic mass is 10.1. The summed E-state index contributed by atoms with van der Waals surface area (Å²) in [6.45, 7) is 2.70. The highest BCUT2D eigenvalue weighted by Crippen LogP contribution is 2.29. The SMILES string of the molecule is CCc1ccc(/C=C(\NC(=O)c2ccc(OCC3CC3)cc2)C(=O)NCCO)cc1. The fourth-order valence-corrected chi connectivity index (χ4v) is 2.83. The zero-order chi connectivity index (χ0) is 21.3. The summed E-state index contributed by atoms with van der Waals surface area (Å²) >= 11 is 0. The predicted octanol–water partition coefficient (Wildman–Crippen LogP) is 2.92. The zero-order valence-corrected chi connectivity index (χ0v) is 17.2. The lowest BCUT2D eigenvalue weighted by molar-refractivity contribution is -0.117. The molecular formula is C24H28N2O4. The van der Waals surface area contributed by atoms with E-state index in [1.807, 2.05) is 24.3 Å². The first kappa shape index (κ1) is 21.6. The molecule has 3 rings (SSSR count). The second-order valence-electron chi connectivity index (χ2n) is 7.37. The van der Waals surface area contributed by atoms with E-state index in [4.69, 9.17) is 9.84 Å². The third-order valence-electron chi connectivity index (χ3n) is 4.89. The van der Waals surface area contributed by atoms with Crippen molar-refractivity contribution in [2.45, 2.75) is 26.2 Å². The van der Waals surface area contributed by atoms with Gasteiger partial charge in [-0.05, 0) is 66.6 Å². The van der Waals surface area contributed by atoms with Gasteiger partial charge in [0.25, 0.3) is 11.8 Å². The molecule has 6 nitrogen and oxygen atoms in total. The monoisotopic (exact) mass is 408 g/mol. The number of hydrogen-bond acceptors (Lipinski definition) is 4. The second kappa shape index (κ2) is 10.6. The first-order chi connectivity index (χ1) is 14.6. The minimum atomic E-state index is -0.457. The predicted molar refractivity (Wildman–Crippen MR) is 116 cm³/mol. The first-order valence-electron chi connectivity index (χ1n) is 10.3. The molecule has 158 valence electrons. The van der Waals surface area contributed by atoms with Crippen LogP contribution in [-0.2, 0) is 11.2 Å². The van der Waals surface area contributed by atoms with Gasteiger partial charge in [0.2, 0.25) is 0 Å². The van der Waals surface area contributed by atoms with Crippen LogP contribution in [-0.4, -0.2) is 36.7 Å². The molecule has 0 aliphatic heterocycles. The number of amides is 2. The number of carbonyl (C=O) groups excluding carboxylic acids is 2. The molecule has 2 amide bonds. The average molecular weight is 408 g/mol. The Morgan fingerprint density at radius 3 is 2.40 bits per heavy atom. The Kier molecular flexibility index (Phi) is 7.63. The molecule has 6 heteroatoms. The summed E-state index contributed by atoms with van der Waals surface area (Å²) in [5, 5.41) is 14.2. The average Bonchev–Trinajstić information content (AvgIpc) is 3.61. The highest BCUT2D eigenvalue weighted by molar-refractivity contribution is 6.05. The first-order valence-corrected chi connectivity index (χ1v) is 10.3. The van der Waals surface area contributed by atoms with Crippen LogP contribution in [0.2, 0.25) is 0 Å². The Labute approximate surface area is 177 Å². The molecule has 0 heterocycles. The Morgan fingerprint density at radius 1 is 1.10 bits per heavy atom. The van der Waals surface area contributed by atoms with Gasteiger partial charge in [-0.15, -0.1) is 0 Å². The molecule has 0 radical (unpaired) electrons. The summed E-state index contributed by atoms with van der Waals surface area (Å²) in [7, 11) is 0. The Hall–Kier alpha value is -3.12. The van der Waals surface area contributed by atoms with Gasteiger partial charge in [0.05, 0.1) is 13.2 Å². The lowest BCUT2D eigenvalue weighted by Gasteiger charge is -2.11. The van der Waals surface area contributed by atoms with Gasteiger partial charge in [-0.1, -0.05) is 31.2 Å². The van der Waals surface area contributed by atoms with Crippen LogP contribution < -0.4 is 15.4 Å². The third kappa shape index (κ3) is 6.46. The van der Waals surface area contributed by atoms with Gasteiger partial charge < -0.3 is 20.5 Å². The standard InChI is InChI=1S/C24H28N2O4/c1-2-17-3-5-18(6-4-17)15-22(24(29)25-13-14-27)26-23(28)20-9-11-21(12-10-20)30-16-19-7-8-19/h3-6,9-12,15,19,27H,2,7-8,13-14,16H2,1H3,(H,25,29)(H,26,28)/b22-15-. The van der Waals surface area contributed by atoms with Gasteiger partial charge in [0, 0.05) is 12.1 Å². The Bertz CT molecular complexity index is 884. The van der Waals surface area contributed by atoms with Gasteiger partial charge in [0.15, 0.2) is 0 Å². The van der Waals surface area contributed by atoms with Crippen molar-refractivity contribution in [2.75, 3.05) is 19.8 Å². The molecule has 30 heavy (non-hydrogen) atoms. The highest BCUT2D eigenvalue weighted by atomic mass is 16.5. The van der Waals surface area contributed by atoms with Gasteiger partial charge in [-0.2, -0.15) is 0 Å². The van der Waals surface area contributed by atoms with Crippen molar-refractivity contribution in [3.8, 4) is 5.75 Å². The van der Waals surface area contributed by atoms with E-state index in [0.717, 1.165) is 17.7 Å². The molecule has 2 aromatic rings. The zero-order valence-electron chi connectivity index (χ0n) is 17.2. The molecule has 3 N–H and O–H groups in total. The molecule has 0 unspecified atom stereocenters. The quantitative estimate of drug-likeness (QED) is 0.528. The van der Waals surface area contributed by atoms with Gasteiger partial charge >= 0.3 is 0 Å². The number of nitrogens with one attached hydrogen (secondary N) is 2. The van der Waals surface area contributed by atoms with E-state index in [9.17, 15) is 9.59 Å². The number of aliphatic hydroxyl groups is 1. The smallest absolute Gasteiger partial charge is 0.267 e. The van der Waals surface area contributed by atoms with E-state index in [1.54, 1.807) is 30.3 Å². The van der Waals surface area contributed by atoms with E-state index >= 15 is 0 Å². The van der Waals surface area contributed by atoms with Crippen molar-refractivity contribution in [2.24, 2.45) is 5.92 Å². The molecule has 0 saturated heterocycles. The van der Waals surface area contributed by atoms with Crippen molar-refractivity contribution in [3.63, 3.8) is 0 Å². The van der Waals surface area contributed by atoms with Crippen molar-refractivity contribution >= 4 is 17.9 Å². The number of carbonyl (C=O) groups is 2. The fourth-order valence-electron chi connectivity index (χ4n) is 2.83. The van der Waals surface area contributed by atoms with E-state index in [2.05, 4.69) is 17.6 Å². The van der Waals surface area contributed by atoms with Crippen LogP contribution in [0.15, 0.2) is 54.2 Å². The second-order valence-corrected chi connectivity index (χ2v) is 7.37. The summed E-state index contributed by atoms with van der Waals surface area (Å²) in [6, 6.07) is 14.6. The minimum Gasteiger partial charge on any atom is -0.493 e. The van der Waals surface area contributed by atoms with Gasteiger partial charge in [-0.25, -0.2) is 0 Å². The molecule has 2 aromatic carbocycles. The van der Waals surface area contributed by atoms with Crippen LogP contribution >= 0.6 is 0 Å². The minimum absolute atomic E-state index is 0.105. The Morgan fingerprint density at radius 2 is 1.80 bits per heavy atom. The third-order valence-corrected chi connectivity index (χ3v) is 4.89. The Balaban J connectivity index is 1.71. The molecule has 1 aliphatic carbocycles. The molecule has 1 fully saturated rings. The van der Waals surface area contributed by atoms with Crippen LogP contribution in [0, 0.1) is 5.92 Å². The van der Waals surface area contributed by atoms with Gasteiger partial charge in [0.1, 0.15) is 11.4 Å². The van der Waals surface area contributed by atoms with Crippen molar-refractivity contribution in [1.29, 1.82) is 0 Å². The molecular weight excluding hydrogens is 380 g/mol. The van der Waals surface area contributed by atoms with Crippen molar-refractivity contribution < 1.29 is 19.4 Å². The van der Waals surface area contributed by atoms with Crippen LogP contribution in [0.5, 0.6) is 5.75 Å². The highest BCUT2D eigenvalue weighted by Gasteiger charge is 2.22. The lowest BCUT2D eigenvalue weighted by Crippen LogP contribution is -2.36. The summed E-state index contributed by atoms with van der Waals surface area (Å²) in [5.74, 6) is 0.538. The number of aryl methyl sites for hydroxylation is 1. The van der Waals surface area contributed by atoms with Crippen molar-refractivity contribution in [3.05, 3.63) is 70.9 Å². The fraction of sp³-hybridized carbons (Fsp3) is 0.333. The van der Waals surface area contributed by atoms with Crippen LogP contribution in [0.25, 0.3) is 6.08 Å². The van der Waals surface area contributed by atoms with E-state index in [0.29, 0.717) is 18.1 Å². The normalized spacial score (nSPS) is 13.6. The van der Waals surface area contributed by atoms with E-state index in [1.165, 1.54) is 18.4 Å². The molecule has 1 aliphatic rings. The number of benzene rings is 2. The van der Waals surface area contributed by atoms with Gasteiger partial charge in [-0.3, -0.25) is 9.59 Å². The number of ether oxygens (including phenoxy) is 1. The topological polar surface area (TPSA) is 87.7 Å².